The lowest BCUT2D eigenvalue weighted by atomic mass is 9.95. The Morgan fingerprint density at radius 3 is 2.47 bits per heavy atom. The lowest BCUT2D eigenvalue weighted by Gasteiger charge is -2.23. The molecule has 2 rings (SSSR count). The van der Waals surface area contributed by atoms with Crippen molar-refractivity contribution in [1.82, 2.24) is 5.32 Å². The number of hydrogen-bond acceptors (Lipinski definition) is 2. The van der Waals surface area contributed by atoms with Crippen molar-refractivity contribution in [2.24, 2.45) is 0 Å². The highest BCUT2D eigenvalue weighted by atomic mass is 19.1. The zero-order chi connectivity index (χ0) is 12.3. The molecule has 0 saturated carbocycles. The first-order chi connectivity index (χ1) is 8.20. The standard InChI is InChI=1S/C13H15F2NO/c1-16-13(9-3-2-4-17-8-9)10-5-11(14)7-12(15)6-10/h5-8,13,16H,2-4H2,1H3. The van der Waals surface area contributed by atoms with Crippen LogP contribution in [0.2, 0.25) is 0 Å². The molecule has 0 saturated heterocycles. The molecule has 2 nitrogen and oxygen atoms in total. The van der Waals surface area contributed by atoms with Crippen molar-refractivity contribution >= 4 is 0 Å². The summed E-state index contributed by atoms with van der Waals surface area (Å²) in [5.74, 6) is -1.12. The Morgan fingerprint density at radius 1 is 1.24 bits per heavy atom. The van der Waals surface area contributed by atoms with E-state index in [1.54, 1.807) is 13.3 Å². The Morgan fingerprint density at radius 2 is 1.94 bits per heavy atom. The van der Waals surface area contributed by atoms with Gasteiger partial charge in [0, 0.05) is 6.07 Å². The van der Waals surface area contributed by atoms with Crippen molar-refractivity contribution in [2.45, 2.75) is 18.9 Å². The molecule has 1 N–H and O–H groups in total. The average Bonchev–Trinajstić information content (AvgIpc) is 2.30. The molecule has 0 aromatic heterocycles. The number of likely N-dealkylation sites (N-methyl/N-ethyl adjacent to an activating group) is 1. The Bertz CT molecular complexity index is 411. The first-order valence-corrected chi connectivity index (χ1v) is 5.64. The molecule has 0 radical (unpaired) electrons. The quantitative estimate of drug-likeness (QED) is 0.875. The first-order valence-electron chi connectivity index (χ1n) is 5.64. The number of hydrogen-bond donors (Lipinski definition) is 1. The second-order valence-electron chi connectivity index (χ2n) is 4.09. The Kier molecular flexibility index (Phi) is 3.74. The summed E-state index contributed by atoms with van der Waals surface area (Å²) in [4.78, 5) is 0. The van der Waals surface area contributed by atoms with Crippen LogP contribution in [0.1, 0.15) is 24.4 Å². The van der Waals surface area contributed by atoms with E-state index in [9.17, 15) is 8.78 Å². The van der Waals surface area contributed by atoms with Gasteiger partial charge in [0.25, 0.3) is 0 Å². The lowest BCUT2D eigenvalue weighted by molar-refractivity contribution is 0.220. The largest absolute Gasteiger partial charge is 0.501 e. The van der Waals surface area contributed by atoms with E-state index in [2.05, 4.69) is 5.32 Å². The lowest BCUT2D eigenvalue weighted by Crippen LogP contribution is -2.21. The van der Waals surface area contributed by atoms with E-state index in [-0.39, 0.29) is 6.04 Å². The van der Waals surface area contributed by atoms with Crippen LogP contribution in [0.3, 0.4) is 0 Å². The topological polar surface area (TPSA) is 21.3 Å². The number of ether oxygens (including phenoxy) is 1. The van der Waals surface area contributed by atoms with Gasteiger partial charge in [0.15, 0.2) is 0 Å². The summed E-state index contributed by atoms with van der Waals surface area (Å²) in [5, 5.41) is 3.06. The molecule has 0 aliphatic carbocycles. The van der Waals surface area contributed by atoms with Crippen LogP contribution in [0, 0.1) is 11.6 Å². The van der Waals surface area contributed by atoms with Crippen LogP contribution in [-0.2, 0) is 4.74 Å². The summed E-state index contributed by atoms with van der Waals surface area (Å²) in [5.41, 5.74) is 1.60. The summed E-state index contributed by atoms with van der Waals surface area (Å²) >= 11 is 0. The second kappa shape index (κ2) is 5.27. The minimum absolute atomic E-state index is 0.194. The molecule has 1 aliphatic rings. The molecular formula is C13H15F2NO. The summed E-state index contributed by atoms with van der Waals surface area (Å²) in [6.07, 6.45) is 3.50. The van der Waals surface area contributed by atoms with E-state index in [1.807, 2.05) is 0 Å². The van der Waals surface area contributed by atoms with E-state index in [0.717, 1.165) is 24.5 Å². The van der Waals surface area contributed by atoms with Gasteiger partial charge in [-0.15, -0.1) is 0 Å². The molecule has 17 heavy (non-hydrogen) atoms. The monoisotopic (exact) mass is 239 g/mol. The van der Waals surface area contributed by atoms with Crippen LogP contribution in [0.25, 0.3) is 0 Å². The maximum Gasteiger partial charge on any atom is 0.126 e. The van der Waals surface area contributed by atoms with Gasteiger partial charge in [-0.05, 0) is 43.2 Å². The van der Waals surface area contributed by atoms with Crippen molar-refractivity contribution < 1.29 is 13.5 Å². The third-order valence-electron chi connectivity index (χ3n) is 2.84. The van der Waals surface area contributed by atoms with Gasteiger partial charge in [-0.3, -0.25) is 0 Å². The maximum atomic E-state index is 13.2. The highest BCUT2D eigenvalue weighted by Crippen LogP contribution is 2.28. The van der Waals surface area contributed by atoms with Gasteiger partial charge in [0.2, 0.25) is 0 Å². The normalized spacial score (nSPS) is 17.2. The molecule has 1 heterocycles. The van der Waals surface area contributed by atoms with Gasteiger partial charge in [-0.25, -0.2) is 8.78 Å². The molecule has 0 fully saturated rings. The third-order valence-corrected chi connectivity index (χ3v) is 2.84. The van der Waals surface area contributed by atoms with Crippen LogP contribution >= 0.6 is 0 Å². The summed E-state index contributed by atoms with van der Waals surface area (Å²) < 4.78 is 31.6. The Balaban J connectivity index is 2.31. The highest BCUT2D eigenvalue weighted by molar-refractivity contribution is 5.29. The molecule has 1 unspecified atom stereocenters. The van der Waals surface area contributed by atoms with Crippen LogP contribution in [0.5, 0.6) is 0 Å². The second-order valence-corrected chi connectivity index (χ2v) is 4.09. The zero-order valence-electron chi connectivity index (χ0n) is 9.67. The number of halogens is 2. The van der Waals surface area contributed by atoms with Gasteiger partial charge in [-0.2, -0.15) is 0 Å². The average molecular weight is 239 g/mol. The Hall–Kier alpha value is -1.42. The molecule has 1 atom stereocenters. The maximum absolute atomic E-state index is 13.2. The highest BCUT2D eigenvalue weighted by Gasteiger charge is 2.18. The van der Waals surface area contributed by atoms with Crippen LogP contribution in [-0.4, -0.2) is 13.7 Å². The molecule has 4 heteroatoms. The predicted octanol–water partition coefficient (Wildman–Crippen LogP) is 2.92. The van der Waals surface area contributed by atoms with Crippen molar-refractivity contribution in [3.63, 3.8) is 0 Å². The van der Waals surface area contributed by atoms with Gasteiger partial charge in [-0.1, -0.05) is 0 Å². The van der Waals surface area contributed by atoms with E-state index in [4.69, 9.17) is 4.74 Å². The van der Waals surface area contributed by atoms with Gasteiger partial charge in [0.1, 0.15) is 11.6 Å². The number of nitrogens with one attached hydrogen (secondary N) is 1. The van der Waals surface area contributed by atoms with Crippen molar-refractivity contribution in [1.29, 1.82) is 0 Å². The van der Waals surface area contributed by atoms with Crippen molar-refractivity contribution in [3.05, 3.63) is 47.2 Å². The van der Waals surface area contributed by atoms with Gasteiger partial charge in [0.05, 0.1) is 18.9 Å². The van der Waals surface area contributed by atoms with E-state index in [1.165, 1.54) is 12.1 Å². The predicted molar refractivity (Wildman–Crippen MR) is 61.4 cm³/mol. The summed E-state index contributed by atoms with van der Waals surface area (Å²) in [6.45, 7) is 0.706. The molecule has 1 aromatic rings. The minimum atomic E-state index is -0.558. The number of rotatable bonds is 3. The van der Waals surface area contributed by atoms with Gasteiger partial charge < -0.3 is 10.1 Å². The third kappa shape index (κ3) is 2.82. The van der Waals surface area contributed by atoms with Crippen LogP contribution < -0.4 is 5.32 Å². The van der Waals surface area contributed by atoms with E-state index < -0.39 is 11.6 Å². The van der Waals surface area contributed by atoms with Crippen molar-refractivity contribution in [2.75, 3.05) is 13.7 Å². The van der Waals surface area contributed by atoms with Crippen LogP contribution in [0.15, 0.2) is 30.0 Å². The molecule has 92 valence electrons. The molecule has 1 aromatic carbocycles. The molecule has 0 spiro atoms. The van der Waals surface area contributed by atoms with E-state index in [0.29, 0.717) is 12.2 Å². The fraction of sp³-hybridized carbons (Fsp3) is 0.385. The molecule has 1 aliphatic heterocycles. The fourth-order valence-electron chi connectivity index (χ4n) is 2.10. The SMILES string of the molecule is CNC(C1=COCCC1)c1cc(F)cc(F)c1. The zero-order valence-corrected chi connectivity index (χ0v) is 9.67. The molecule has 0 amide bonds. The fourth-order valence-corrected chi connectivity index (χ4v) is 2.10. The number of benzene rings is 1. The summed E-state index contributed by atoms with van der Waals surface area (Å²) in [6, 6.07) is 3.38. The van der Waals surface area contributed by atoms with E-state index >= 15 is 0 Å². The van der Waals surface area contributed by atoms with Crippen LogP contribution in [0.4, 0.5) is 8.78 Å². The molecule has 0 bridgehead atoms. The minimum Gasteiger partial charge on any atom is -0.501 e. The Labute approximate surface area is 99.3 Å². The summed E-state index contributed by atoms with van der Waals surface area (Å²) in [7, 11) is 1.77. The van der Waals surface area contributed by atoms with Gasteiger partial charge >= 0.3 is 0 Å². The van der Waals surface area contributed by atoms with Crippen molar-refractivity contribution in [3.8, 4) is 0 Å². The smallest absolute Gasteiger partial charge is 0.126 e. The first kappa shape index (κ1) is 12.0. The molecular weight excluding hydrogens is 224 g/mol.